The lowest BCUT2D eigenvalue weighted by atomic mass is 10.2. The van der Waals surface area contributed by atoms with Crippen LogP contribution in [0.5, 0.6) is 5.75 Å². The van der Waals surface area contributed by atoms with Crippen molar-refractivity contribution in [2.45, 2.75) is 11.8 Å². The molecule has 2 N–H and O–H groups in total. The van der Waals surface area contributed by atoms with E-state index in [1.165, 1.54) is 36.6 Å². The number of aryl methyl sites for hydroxylation is 1. The van der Waals surface area contributed by atoms with Crippen LogP contribution in [-0.2, 0) is 10.0 Å². The second-order valence-corrected chi connectivity index (χ2v) is 8.51. The summed E-state index contributed by atoms with van der Waals surface area (Å²) in [6.45, 7) is 1.88. The van der Waals surface area contributed by atoms with Gasteiger partial charge in [0.2, 0.25) is 0 Å². The summed E-state index contributed by atoms with van der Waals surface area (Å²) in [5.74, 6) is 0.194. The highest BCUT2D eigenvalue weighted by Crippen LogP contribution is 2.21. The average Bonchev–Trinajstić information content (AvgIpc) is 3.07. The molecule has 9 heteroatoms. The predicted molar refractivity (Wildman–Crippen MR) is 105 cm³/mol. The van der Waals surface area contributed by atoms with E-state index in [0.29, 0.717) is 16.6 Å². The maximum Gasteiger partial charge on any atom is 0.261 e. The second kappa shape index (κ2) is 7.77. The minimum Gasteiger partial charge on any atom is -0.497 e. The number of hydrogen-bond donors (Lipinski definition) is 2. The number of aromatic nitrogens is 1. The number of thiazole rings is 1. The van der Waals surface area contributed by atoms with Crippen molar-refractivity contribution in [2.24, 2.45) is 0 Å². The second-order valence-electron chi connectivity index (χ2n) is 5.59. The summed E-state index contributed by atoms with van der Waals surface area (Å²) in [4.78, 5) is 17.4. The maximum atomic E-state index is 12.6. The minimum atomic E-state index is -3.84. The van der Waals surface area contributed by atoms with E-state index >= 15 is 0 Å². The van der Waals surface area contributed by atoms with Gasteiger partial charge in [0.05, 0.1) is 12.0 Å². The maximum absolute atomic E-state index is 12.6. The summed E-state index contributed by atoms with van der Waals surface area (Å²) in [6, 6.07) is 12.3. The number of carbonyl (C=O) groups is 1. The van der Waals surface area contributed by atoms with E-state index in [0.717, 1.165) is 4.88 Å². The number of methoxy groups -OCH3 is 1. The van der Waals surface area contributed by atoms with E-state index < -0.39 is 15.9 Å². The van der Waals surface area contributed by atoms with Gasteiger partial charge in [-0.2, -0.15) is 0 Å². The Morgan fingerprint density at radius 3 is 2.52 bits per heavy atom. The molecule has 0 aliphatic carbocycles. The van der Waals surface area contributed by atoms with Crippen molar-refractivity contribution in [1.82, 2.24) is 4.98 Å². The number of amides is 1. The molecule has 0 bridgehead atoms. The van der Waals surface area contributed by atoms with Gasteiger partial charge in [0.15, 0.2) is 5.13 Å². The van der Waals surface area contributed by atoms with Crippen LogP contribution in [0.25, 0.3) is 0 Å². The van der Waals surface area contributed by atoms with Gasteiger partial charge in [-0.15, -0.1) is 11.3 Å². The minimum absolute atomic E-state index is 0.0127. The third-order valence-corrected chi connectivity index (χ3v) is 5.80. The Bertz CT molecular complexity index is 1060. The van der Waals surface area contributed by atoms with Crippen LogP contribution in [0.4, 0.5) is 10.8 Å². The molecule has 0 aliphatic rings. The fraction of sp³-hybridized carbons (Fsp3) is 0.111. The first kappa shape index (κ1) is 18.9. The van der Waals surface area contributed by atoms with Gasteiger partial charge in [0.1, 0.15) is 5.75 Å². The van der Waals surface area contributed by atoms with E-state index in [4.69, 9.17) is 4.74 Å². The number of nitrogens with zero attached hydrogens (tertiary/aromatic N) is 1. The molecule has 27 heavy (non-hydrogen) atoms. The van der Waals surface area contributed by atoms with Gasteiger partial charge in [0, 0.05) is 22.3 Å². The summed E-state index contributed by atoms with van der Waals surface area (Å²) < 4.78 is 32.7. The number of nitrogens with one attached hydrogen (secondary N) is 2. The standard InChI is InChI=1S/C18H17N3O4S2/c1-12-11-19-18(26-12)20-17(22)13-4-3-5-16(10-13)27(23,24)21-14-6-8-15(25-2)9-7-14/h3-11,21H,1-2H3,(H,19,20,22). The van der Waals surface area contributed by atoms with Crippen molar-refractivity contribution in [1.29, 1.82) is 0 Å². The summed E-state index contributed by atoms with van der Waals surface area (Å²) >= 11 is 1.34. The third kappa shape index (κ3) is 4.63. The van der Waals surface area contributed by atoms with E-state index in [1.54, 1.807) is 36.5 Å². The number of hydrogen-bond acceptors (Lipinski definition) is 6. The number of ether oxygens (including phenoxy) is 1. The lowest BCUT2D eigenvalue weighted by molar-refractivity contribution is 0.102. The van der Waals surface area contributed by atoms with Gasteiger partial charge in [0.25, 0.3) is 15.9 Å². The zero-order valence-electron chi connectivity index (χ0n) is 14.6. The molecule has 0 atom stereocenters. The van der Waals surface area contributed by atoms with Gasteiger partial charge >= 0.3 is 0 Å². The highest BCUT2D eigenvalue weighted by molar-refractivity contribution is 7.92. The Kier molecular flexibility index (Phi) is 5.43. The quantitative estimate of drug-likeness (QED) is 0.656. The van der Waals surface area contributed by atoms with Crippen molar-refractivity contribution >= 4 is 38.1 Å². The molecule has 0 fully saturated rings. The van der Waals surface area contributed by atoms with E-state index in [-0.39, 0.29) is 10.5 Å². The predicted octanol–water partition coefficient (Wildman–Crippen LogP) is 3.51. The first-order chi connectivity index (χ1) is 12.9. The Morgan fingerprint density at radius 1 is 1.15 bits per heavy atom. The molecule has 1 aromatic heterocycles. The van der Waals surface area contributed by atoms with Gasteiger partial charge < -0.3 is 4.74 Å². The molecule has 140 valence electrons. The molecule has 2 aromatic carbocycles. The van der Waals surface area contributed by atoms with Gasteiger partial charge in [-0.1, -0.05) is 6.07 Å². The van der Waals surface area contributed by atoms with Crippen molar-refractivity contribution < 1.29 is 17.9 Å². The van der Waals surface area contributed by atoms with Gasteiger partial charge in [-0.3, -0.25) is 14.8 Å². The van der Waals surface area contributed by atoms with Crippen LogP contribution in [0.3, 0.4) is 0 Å². The van der Waals surface area contributed by atoms with E-state index in [9.17, 15) is 13.2 Å². The molecular weight excluding hydrogens is 386 g/mol. The Labute approximate surface area is 161 Å². The lowest BCUT2D eigenvalue weighted by Crippen LogP contribution is -2.15. The molecule has 0 radical (unpaired) electrons. The molecule has 0 saturated carbocycles. The van der Waals surface area contributed by atoms with Crippen molar-refractivity contribution in [3.05, 3.63) is 65.2 Å². The van der Waals surface area contributed by atoms with Crippen LogP contribution in [-0.4, -0.2) is 26.4 Å². The Balaban J connectivity index is 1.79. The van der Waals surface area contributed by atoms with Crippen LogP contribution in [0.2, 0.25) is 0 Å². The summed E-state index contributed by atoms with van der Waals surface area (Å²) in [7, 11) is -2.31. The molecule has 7 nitrogen and oxygen atoms in total. The van der Waals surface area contributed by atoms with Gasteiger partial charge in [-0.25, -0.2) is 13.4 Å². The fourth-order valence-electron chi connectivity index (χ4n) is 2.26. The molecule has 3 aromatic rings. The average molecular weight is 403 g/mol. The van der Waals surface area contributed by atoms with Crippen LogP contribution in [0.15, 0.2) is 59.6 Å². The van der Waals surface area contributed by atoms with Crippen LogP contribution < -0.4 is 14.8 Å². The first-order valence-corrected chi connectivity index (χ1v) is 10.2. The molecule has 0 saturated heterocycles. The number of carbonyl (C=O) groups excluding carboxylic acids is 1. The summed E-state index contributed by atoms with van der Waals surface area (Å²) in [5, 5.41) is 3.12. The summed E-state index contributed by atoms with van der Waals surface area (Å²) in [6.07, 6.45) is 1.65. The highest BCUT2D eigenvalue weighted by atomic mass is 32.2. The summed E-state index contributed by atoms with van der Waals surface area (Å²) in [5.41, 5.74) is 0.615. The number of sulfonamides is 1. The Hall–Kier alpha value is -2.91. The van der Waals surface area contributed by atoms with Crippen LogP contribution in [0.1, 0.15) is 15.2 Å². The van der Waals surface area contributed by atoms with Gasteiger partial charge in [-0.05, 0) is 49.4 Å². The highest BCUT2D eigenvalue weighted by Gasteiger charge is 2.17. The third-order valence-electron chi connectivity index (χ3n) is 3.59. The molecule has 1 heterocycles. The van der Waals surface area contributed by atoms with Crippen molar-refractivity contribution in [2.75, 3.05) is 17.1 Å². The Morgan fingerprint density at radius 2 is 1.89 bits per heavy atom. The van der Waals surface area contributed by atoms with Crippen molar-refractivity contribution in [3.63, 3.8) is 0 Å². The number of rotatable bonds is 6. The molecule has 0 aliphatic heterocycles. The largest absolute Gasteiger partial charge is 0.497 e. The van der Waals surface area contributed by atoms with E-state index in [2.05, 4.69) is 15.0 Å². The number of benzene rings is 2. The molecule has 1 amide bonds. The monoisotopic (exact) mass is 403 g/mol. The molecule has 3 rings (SSSR count). The SMILES string of the molecule is COc1ccc(NS(=O)(=O)c2cccc(C(=O)Nc3ncc(C)s3)c2)cc1. The molecule has 0 unspecified atom stereocenters. The van der Waals surface area contributed by atoms with Crippen LogP contribution in [0, 0.1) is 6.92 Å². The van der Waals surface area contributed by atoms with E-state index in [1.807, 2.05) is 6.92 Å². The van der Waals surface area contributed by atoms with Crippen LogP contribution >= 0.6 is 11.3 Å². The smallest absolute Gasteiger partial charge is 0.261 e. The van der Waals surface area contributed by atoms with Crippen molar-refractivity contribution in [3.8, 4) is 5.75 Å². The first-order valence-electron chi connectivity index (χ1n) is 7.88. The molecular formula is C18H17N3O4S2. The fourth-order valence-corrected chi connectivity index (χ4v) is 4.02. The normalized spacial score (nSPS) is 11.0. The zero-order chi connectivity index (χ0) is 19.4. The lowest BCUT2D eigenvalue weighted by Gasteiger charge is -2.10. The topological polar surface area (TPSA) is 97.4 Å². The number of anilines is 2. The molecule has 0 spiro atoms. The zero-order valence-corrected chi connectivity index (χ0v) is 16.2.